The van der Waals surface area contributed by atoms with Gasteiger partial charge in [-0.1, -0.05) is 150 Å². The van der Waals surface area contributed by atoms with Gasteiger partial charge >= 0.3 is 5.97 Å². The van der Waals surface area contributed by atoms with Crippen LogP contribution < -0.4 is 0 Å². The second-order valence-corrected chi connectivity index (χ2v) is 15.4. The molecular formula is C37H66O3S. The van der Waals surface area contributed by atoms with Crippen LogP contribution in [0.25, 0.3) is 0 Å². The van der Waals surface area contributed by atoms with Crippen LogP contribution in [0.15, 0.2) is 12.1 Å². The standard InChI is InChI=1S/C37H66O3S/c1-8-9-10-11-12-13-14-15-16-17-18-19-20-21-22-25-34(38)40-26-28-41-27-23-24-31-29-32(36(2,3)4)35(39)33(30-31)37(5,6)7/h29-30,39H,8-28H2,1-7H3. The van der Waals surface area contributed by atoms with E-state index in [9.17, 15) is 9.90 Å². The van der Waals surface area contributed by atoms with E-state index >= 15 is 0 Å². The van der Waals surface area contributed by atoms with Gasteiger partial charge in [0.15, 0.2) is 0 Å². The third-order valence-electron chi connectivity index (χ3n) is 8.02. The molecule has 1 N–H and O–H groups in total. The smallest absolute Gasteiger partial charge is 0.305 e. The van der Waals surface area contributed by atoms with Crippen LogP contribution in [0.5, 0.6) is 5.75 Å². The number of unbranched alkanes of at least 4 members (excludes halogenated alkanes) is 14. The Balaban J connectivity index is 2.04. The topological polar surface area (TPSA) is 46.5 Å². The fraction of sp³-hybridized carbons (Fsp3) is 0.811. The number of carbonyl (C=O) groups excluding carboxylic acids is 1. The Morgan fingerprint density at radius 3 is 1.56 bits per heavy atom. The molecule has 0 aliphatic carbocycles. The number of benzene rings is 1. The van der Waals surface area contributed by atoms with E-state index in [2.05, 4.69) is 60.6 Å². The number of hydrogen-bond acceptors (Lipinski definition) is 4. The lowest BCUT2D eigenvalue weighted by Gasteiger charge is -2.28. The normalized spacial score (nSPS) is 12.2. The molecule has 0 radical (unpaired) electrons. The number of ether oxygens (including phenoxy) is 1. The van der Waals surface area contributed by atoms with Gasteiger partial charge in [0.2, 0.25) is 0 Å². The molecule has 238 valence electrons. The molecule has 0 aliphatic rings. The summed E-state index contributed by atoms with van der Waals surface area (Å²) in [6.07, 6.45) is 22.7. The number of carbonyl (C=O) groups is 1. The zero-order valence-corrected chi connectivity index (χ0v) is 29.0. The van der Waals surface area contributed by atoms with Gasteiger partial charge in [0.25, 0.3) is 0 Å². The van der Waals surface area contributed by atoms with Gasteiger partial charge in [-0.3, -0.25) is 4.79 Å². The zero-order valence-electron chi connectivity index (χ0n) is 28.2. The zero-order chi connectivity index (χ0) is 30.6. The molecule has 41 heavy (non-hydrogen) atoms. The van der Waals surface area contributed by atoms with Crippen molar-refractivity contribution in [3.8, 4) is 5.75 Å². The van der Waals surface area contributed by atoms with Crippen LogP contribution in [0.4, 0.5) is 0 Å². The molecule has 0 saturated carbocycles. The summed E-state index contributed by atoms with van der Waals surface area (Å²) in [5.74, 6) is 2.33. The number of thioether (sulfide) groups is 1. The van der Waals surface area contributed by atoms with Crippen LogP contribution in [-0.2, 0) is 26.8 Å². The van der Waals surface area contributed by atoms with Gasteiger partial charge in [0, 0.05) is 12.2 Å². The predicted octanol–water partition coefficient (Wildman–Crippen LogP) is 11.5. The first-order chi connectivity index (χ1) is 19.5. The first kappa shape index (κ1) is 37.9. The number of phenolic OH excluding ortho intramolecular Hbond substituents is 1. The Hall–Kier alpha value is -1.16. The van der Waals surface area contributed by atoms with Crippen LogP contribution >= 0.6 is 11.8 Å². The van der Waals surface area contributed by atoms with Gasteiger partial charge in [0.1, 0.15) is 12.4 Å². The van der Waals surface area contributed by atoms with Gasteiger partial charge in [-0.25, -0.2) is 0 Å². The lowest BCUT2D eigenvalue weighted by Crippen LogP contribution is -2.18. The van der Waals surface area contributed by atoms with Crippen molar-refractivity contribution < 1.29 is 14.6 Å². The molecular weight excluding hydrogens is 524 g/mol. The number of aryl methyl sites for hydroxylation is 1. The molecule has 0 aromatic heterocycles. The Bertz CT molecular complexity index is 783. The average Bonchev–Trinajstić information content (AvgIpc) is 2.89. The molecule has 1 aromatic carbocycles. The Kier molecular flexibility index (Phi) is 19.9. The Morgan fingerprint density at radius 2 is 1.12 bits per heavy atom. The summed E-state index contributed by atoms with van der Waals surface area (Å²) in [7, 11) is 0. The Morgan fingerprint density at radius 1 is 0.683 bits per heavy atom. The molecule has 0 amide bonds. The molecule has 4 heteroatoms. The highest BCUT2D eigenvalue weighted by atomic mass is 32.2. The first-order valence-electron chi connectivity index (χ1n) is 17.1. The summed E-state index contributed by atoms with van der Waals surface area (Å²) in [6, 6.07) is 4.38. The van der Waals surface area contributed by atoms with Crippen molar-refractivity contribution in [2.24, 2.45) is 0 Å². The summed E-state index contributed by atoms with van der Waals surface area (Å²) in [4.78, 5) is 12.1. The average molecular weight is 591 g/mol. The van der Waals surface area contributed by atoms with Crippen LogP contribution in [0.1, 0.15) is 174 Å². The molecule has 0 saturated heterocycles. The van der Waals surface area contributed by atoms with Crippen molar-refractivity contribution in [1.29, 1.82) is 0 Å². The quantitative estimate of drug-likeness (QED) is 0.102. The van der Waals surface area contributed by atoms with Gasteiger partial charge in [-0.15, -0.1) is 0 Å². The molecule has 0 unspecified atom stereocenters. The van der Waals surface area contributed by atoms with E-state index in [-0.39, 0.29) is 16.8 Å². The molecule has 0 atom stereocenters. The second kappa shape index (κ2) is 21.5. The minimum atomic E-state index is -0.0921. The van der Waals surface area contributed by atoms with Gasteiger partial charge in [-0.2, -0.15) is 11.8 Å². The molecule has 0 bridgehead atoms. The largest absolute Gasteiger partial charge is 0.507 e. The predicted molar refractivity (Wildman–Crippen MR) is 182 cm³/mol. The van der Waals surface area contributed by atoms with Crippen molar-refractivity contribution in [1.82, 2.24) is 0 Å². The molecule has 0 heterocycles. The second-order valence-electron chi connectivity index (χ2n) is 14.2. The SMILES string of the molecule is CCCCCCCCCCCCCCCCCC(=O)OCCSCCCc1cc(C(C)(C)C)c(O)c(C(C)(C)C)c1. The van der Waals surface area contributed by atoms with Crippen LogP contribution in [0.3, 0.4) is 0 Å². The first-order valence-corrected chi connectivity index (χ1v) is 18.2. The third-order valence-corrected chi connectivity index (χ3v) is 9.05. The number of aromatic hydroxyl groups is 1. The van der Waals surface area contributed by atoms with E-state index in [0.29, 0.717) is 18.8 Å². The maximum absolute atomic E-state index is 12.1. The maximum atomic E-state index is 12.1. The van der Waals surface area contributed by atoms with Gasteiger partial charge in [-0.05, 0) is 52.5 Å². The molecule has 1 rings (SSSR count). The fourth-order valence-corrected chi connectivity index (χ4v) is 6.14. The van der Waals surface area contributed by atoms with Crippen LogP contribution in [-0.4, -0.2) is 29.2 Å². The van der Waals surface area contributed by atoms with E-state index in [1.807, 2.05) is 11.8 Å². The third kappa shape index (κ3) is 18.2. The van der Waals surface area contributed by atoms with E-state index in [1.165, 1.54) is 89.0 Å². The number of hydrogen-bond donors (Lipinski definition) is 1. The number of rotatable bonds is 23. The highest BCUT2D eigenvalue weighted by Crippen LogP contribution is 2.40. The number of phenols is 1. The molecule has 1 aromatic rings. The highest BCUT2D eigenvalue weighted by molar-refractivity contribution is 7.99. The van der Waals surface area contributed by atoms with Crippen molar-refractivity contribution >= 4 is 17.7 Å². The molecule has 0 spiro atoms. The van der Waals surface area contributed by atoms with Gasteiger partial charge in [0.05, 0.1) is 0 Å². The Labute approximate surface area is 259 Å². The summed E-state index contributed by atoms with van der Waals surface area (Å²) >= 11 is 1.86. The van der Waals surface area contributed by atoms with Crippen LogP contribution in [0, 0.1) is 0 Å². The summed E-state index contributed by atoms with van der Waals surface area (Å²) in [5, 5.41) is 10.9. The minimum absolute atomic E-state index is 0.0335. The van der Waals surface area contributed by atoms with E-state index in [0.717, 1.165) is 48.3 Å². The van der Waals surface area contributed by atoms with E-state index in [4.69, 9.17) is 4.74 Å². The van der Waals surface area contributed by atoms with Crippen molar-refractivity contribution in [2.45, 2.75) is 175 Å². The van der Waals surface area contributed by atoms with Crippen molar-refractivity contribution in [3.63, 3.8) is 0 Å². The molecule has 0 aliphatic heterocycles. The lowest BCUT2D eigenvalue weighted by atomic mass is 9.78. The highest BCUT2D eigenvalue weighted by Gasteiger charge is 2.26. The summed E-state index contributed by atoms with van der Waals surface area (Å²) in [5.41, 5.74) is 3.19. The lowest BCUT2D eigenvalue weighted by molar-refractivity contribution is -0.143. The van der Waals surface area contributed by atoms with Crippen LogP contribution in [0.2, 0.25) is 0 Å². The van der Waals surface area contributed by atoms with Gasteiger partial charge < -0.3 is 9.84 Å². The summed E-state index contributed by atoms with van der Waals surface area (Å²) in [6.45, 7) is 15.8. The summed E-state index contributed by atoms with van der Waals surface area (Å²) < 4.78 is 5.46. The monoisotopic (exact) mass is 590 g/mol. The molecule has 0 fully saturated rings. The van der Waals surface area contributed by atoms with Crippen molar-refractivity contribution in [3.05, 3.63) is 28.8 Å². The molecule has 3 nitrogen and oxygen atoms in total. The van der Waals surface area contributed by atoms with E-state index < -0.39 is 0 Å². The maximum Gasteiger partial charge on any atom is 0.305 e. The number of esters is 1. The minimum Gasteiger partial charge on any atom is -0.507 e. The fourth-order valence-electron chi connectivity index (χ4n) is 5.39. The van der Waals surface area contributed by atoms with Crippen molar-refractivity contribution in [2.75, 3.05) is 18.1 Å². The van der Waals surface area contributed by atoms with E-state index in [1.54, 1.807) is 0 Å².